The number of ether oxygens (including phenoxy) is 1. The lowest BCUT2D eigenvalue weighted by Gasteiger charge is -2.12. The van der Waals surface area contributed by atoms with Crippen molar-refractivity contribution in [1.82, 2.24) is 34.2 Å². The number of pyridine rings is 3. The molecule has 0 saturated carbocycles. The van der Waals surface area contributed by atoms with Crippen molar-refractivity contribution in [3.8, 4) is 5.95 Å². The van der Waals surface area contributed by atoms with Gasteiger partial charge >= 0.3 is 0 Å². The number of fused-ring (bicyclic) bond motifs is 2. The smallest absolute Gasteiger partial charge is 0.267 e. The quantitative estimate of drug-likeness (QED) is 0.474. The van der Waals surface area contributed by atoms with Gasteiger partial charge in [0.15, 0.2) is 5.82 Å². The molecule has 0 spiro atoms. The molecule has 4 aromatic heterocycles. The van der Waals surface area contributed by atoms with Crippen molar-refractivity contribution < 1.29 is 4.74 Å². The fourth-order valence-electron chi connectivity index (χ4n) is 3.10. The van der Waals surface area contributed by atoms with Gasteiger partial charge in [0.25, 0.3) is 17.1 Å². The molecule has 4 rings (SSSR count). The maximum atomic E-state index is 13.0. The summed E-state index contributed by atoms with van der Waals surface area (Å²) in [5, 5.41) is 7.53. The first-order valence-corrected chi connectivity index (χ1v) is 9.09. The molecule has 0 bridgehead atoms. The molecule has 0 fully saturated rings. The predicted octanol–water partition coefficient (Wildman–Crippen LogP) is 0.527. The minimum atomic E-state index is -0.344. The van der Waals surface area contributed by atoms with Gasteiger partial charge in [0.05, 0.1) is 21.8 Å². The fourth-order valence-corrected chi connectivity index (χ4v) is 3.10. The molecule has 0 aromatic carbocycles. The Hall–Kier alpha value is -3.37. The van der Waals surface area contributed by atoms with Crippen LogP contribution in [0.25, 0.3) is 27.8 Å². The Kier molecular flexibility index (Phi) is 4.95. The minimum absolute atomic E-state index is 0.172. The predicted molar refractivity (Wildman–Crippen MR) is 108 cm³/mol. The lowest BCUT2D eigenvalue weighted by molar-refractivity contribution is 0.178. The zero-order valence-electron chi connectivity index (χ0n) is 16.4. The van der Waals surface area contributed by atoms with E-state index in [1.807, 2.05) is 19.0 Å². The van der Waals surface area contributed by atoms with E-state index in [1.54, 1.807) is 42.3 Å². The zero-order valence-corrected chi connectivity index (χ0v) is 16.4. The molecule has 150 valence electrons. The van der Waals surface area contributed by atoms with E-state index in [1.165, 1.54) is 4.57 Å². The van der Waals surface area contributed by atoms with Gasteiger partial charge in [-0.2, -0.15) is 4.98 Å². The molecule has 0 aliphatic heterocycles. The van der Waals surface area contributed by atoms with Crippen LogP contribution in [-0.2, 0) is 17.9 Å². The molecular formula is C19H21N7O3. The summed E-state index contributed by atoms with van der Waals surface area (Å²) in [5.41, 5.74) is 0.551. The summed E-state index contributed by atoms with van der Waals surface area (Å²) in [6.45, 7) is 1.54. The normalized spacial score (nSPS) is 11.7. The molecule has 10 heteroatoms. The van der Waals surface area contributed by atoms with Gasteiger partial charge in [-0.3, -0.25) is 14.7 Å². The van der Waals surface area contributed by atoms with Gasteiger partial charge < -0.3 is 14.2 Å². The number of methoxy groups -OCH3 is 1. The number of rotatable bonds is 6. The van der Waals surface area contributed by atoms with Gasteiger partial charge in [0.2, 0.25) is 0 Å². The average Bonchev–Trinajstić information content (AvgIpc) is 3.15. The molecule has 0 aliphatic carbocycles. The van der Waals surface area contributed by atoms with Crippen LogP contribution in [0.3, 0.4) is 0 Å². The van der Waals surface area contributed by atoms with Crippen LogP contribution in [0, 0.1) is 0 Å². The monoisotopic (exact) mass is 395 g/mol. The van der Waals surface area contributed by atoms with Crippen LogP contribution in [0.1, 0.15) is 5.82 Å². The Balaban J connectivity index is 1.85. The summed E-state index contributed by atoms with van der Waals surface area (Å²) in [7, 11) is 5.45. The summed E-state index contributed by atoms with van der Waals surface area (Å²) >= 11 is 0. The largest absolute Gasteiger partial charge is 0.377 e. The van der Waals surface area contributed by atoms with Crippen LogP contribution in [-0.4, -0.2) is 61.9 Å². The molecule has 4 heterocycles. The number of hydrogen-bond donors (Lipinski definition) is 1. The van der Waals surface area contributed by atoms with E-state index < -0.39 is 0 Å². The Labute approximate surface area is 165 Å². The molecule has 0 unspecified atom stereocenters. The second-order valence-electron chi connectivity index (χ2n) is 6.98. The number of H-pyrrole nitrogens is 1. The second-order valence-corrected chi connectivity index (χ2v) is 6.98. The summed E-state index contributed by atoms with van der Waals surface area (Å²) in [6.07, 6.45) is 3.31. The molecule has 0 amide bonds. The average molecular weight is 395 g/mol. The number of likely N-dealkylation sites (N-methyl/N-ethyl adjacent to an activating group) is 1. The number of aromatic amines is 1. The van der Waals surface area contributed by atoms with E-state index in [0.29, 0.717) is 34.2 Å². The van der Waals surface area contributed by atoms with Crippen molar-refractivity contribution in [2.75, 3.05) is 27.7 Å². The van der Waals surface area contributed by atoms with Crippen LogP contribution in [0.2, 0.25) is 0 Å². The van der Waals surface area contributed by atoms with E-state index in [4.69, 9.17) is 4.74 Å². The molecule has 4 aromatic rings. The van der Waals surface area contributed by atoms with E-state index in [0.717, 1.165) is 6.54 Å². The SMILES string of the molecule is COCc1nc(-n2ccc3nc4ccn(CCN(C)C)c(=O)c4cc3c2=O)n[nH]1. The Bertz CT molecular complexity index is 1300. The van der Waals surface area contributed by atoms with E-state index >= 15 is 0 Å². The lowest BCUT2D eigenvalue weighted by atomic mass is 10.2. The van der Waals surface area contributed by atoms with Crippen molar-refractivity contribution in [1.29, 1.82) is 0 Å². The van der Waals surface area contributed by atoms with Crippen molar-refractivity contribution in [2.45, 2.75) is 13.2 Å². The summed E-state index contributed by atoms with van der Waals surface area (Å²) < 4.78 is 7.96. The van der Waals surface area contributed by atoms with E-state index in [9.17, 15) is 9.59 Å². The highest BCUT2D eigenvalue weighted by Gasteiger charge is 2.13. The van der Waals surface area contributed by atoms with Crippen LogP contribution in [0.4, 0.5) is 0 Å². The maximum absolute atomic E-state index is 13.0. The van der Waals surface area contributed by atoms with Crippen LogP contribution < -0.4 is 11.1 Å². The summed E-state index contributed by atoms with van der Waals surface area (Å²) in [4.78, 5) is 36.7. The third-order valence-electron chi connectivity index (χ3n) is 4.62. The van der Waals surface area contributed by atoms with E-state index in [-0.39, 0.29) is 23.7 Å². The van der Waals surface area contributed by atoms with Gasteiger partial charge in [-0.15, -0.1) is 5.10 Å². The lowest BCUT2D eigenvalue weighted by Crippen LogP contribution is -2.26. The zero-order chi connectivity index (χ0) is 20.5. The van der Waals surface area contributed by atoms with Crippen LogP contribution >= 0.6 is 0 Å². The molecular weight excluding hydrogens is 374 g/mol. The molecule has 0 atom stereocenters. The molecule has 29 heavy (non-hydrogen) atoms. The number of hydrogen-bond acceptors (Lipinski definition) is 7. The van der Waals surface area contributed by atoms with Gasteiger partial charge in [-0.25, -0.2) is 9.55 Å². The standard InChI is InChI=1S/C19H21N7O3/c1-24(2)8-9-25-6-4-14-12(17(25)27)10-13-15(20-14)5-7-26(18(13)28)19-21-16(11-29-3)22-23-19/h4-7,10H,8-9,11H2,1-3H3,(H,21,22,23). The number of nitrogens with zero attached hydrogens (tertiary/aromatic N) is 6. The van der Waals surface area contributed by atoms with Crippen molar-refractivity contribution in [2.24, 2.45) is 0 Å². The van der Waals surface area contributed by atoms with Gasteiger partial charge in [-0.1, -0.05) is 0 Å². The molecule has 1 N–H and O–H groups in total. The molecule has 0 aliphatic rings. The maximum Gasteiger partial charge on any atom is 0.267 e. The summed E-state index contributed by atoms with van der Waals surface area (Å²) in [6, 6.07) is 5.11. The highest BCUT2D eigenvalue weighted by atomic mass is 16.5. The Morgan fingerprint density at radius 2 is 1.79 bits per heavy atom. The highest BCUT2D eigenvalue weighted by Crippen LogP contribution is 2.15. The molecule has 0 radical (unpaired) electrons. The Morgan fingerprint density at radius 1 is 1.07 bits per heavy atom. The van der Waals surface area contributed by atoms with Crippen LogP contribution in [0.15, 0.2) is 40.2 Å². The minimum Gasteiger partial charge on any atom is -0.377 e. The van der Waals surface area contributed by atoms with Gasteiger partial charge in [0.1, 0.15) is 6.61 Å². The van der Waals surface area contributed by atoms with Gasteiger partial charge in [0, 0.05) is 32.6 Å². The number of nitrogens with one attached hydrogen (secondary N) is 1. The fraction of sp³-hybridized carbons (Fsp3) is 0.316. The van der Waals surface area contributed by atoms with Crippen LogP contribution in [0.5, 0.6) is 0 Å². The topological polar surface area (TPSA) is 111 Å². The molecule has 10 nitrogen and oxygen atoms in total. The number of aromatic nitrogens is 6. The van der Waals surface area contributed by atoms with E-state index in [2.05, 4.69) is 20.2 Å². The van der Waals surface area contributed by atoms with Crippen molar-refractivity contribution >= 4 is 21.8 Å². The third kappa shape index (κ3) is 3.55. The van der Waals surface area contributed by atoms with Crippen molar-refractivity contribution in [3.63, 3.8) is 0 Å². The first-order chi connectivity index (χ1) is 14.0. The third-order valence-corrected chi connectivity index (χ3v) is 4.62. The second kappa shape index (κ2) is 7.57. The first-order valence-electron chi connectivity index (χ1n) is 9.09. The van der Waals surface area contributed by atoms with Gasteiger partial charge in [-0.05, 0) is 32.3 Å². The summed E-state index contributed by atoms with van der Waals surface area (Å²) in [5.74, 6) is 0.718. The molecule has 0 saturated heterocycles. The Morgan fingerprint density at radius 3 is 2.52 bits per heavy atom. The first kappa shape index (κ1) is 19.0. The van der Waals surface area contributed by atoms with Crippen molar-refractivity contribution in [3.05, 3.63) is 57.1 Å². The highest BCUT2D eigenvalue weighted by molar-refractivity contribution is 5.91.